The minimum absolute atomic E-state index is 0.105. The molecule has 3 nitrogen and oxygen atoms in total. The van der Waals surface area contributed by atoms with E-state index in [0.29, 0.717) is 17.8 Å². The molecule has 2 fully saturated rings. The molecule has 0 spiro atoms. The van der Waals surface area contributed by atoms with E-state index >= 15 is 0 Å². The summed E-state index contributed by atoms with van der Waals surface area (Å²) in [5, 5.41) is 0. The van der Waals surface area contributed by atoms with Crippen LogP contribution in [0.15, 0.2) is 18.2 Å². The molecule has 20 heavy (non-hydrogen) atoms. The summed E-state index contributed by atoms with van der Waals surface area (Å²) >= 11 is 0. The number of anilines is 1. The molecule has 1 heterocycles. The van der Waals surface area contributed by atoms with Crippen molar-refractivity contribution in [3.8, 4) is 11.3 Å². The van der Waals surface area contributed by atoms with E-state index in [1.807, 2.05) is 4.57 Å². The molecule has 2 aromatic rings. The average molecular weight is 275 g/mol. The number of nitrogen functional groups attached to an aromatic ring is 1. The first-order valence-electron chi connectivity index (χ1n) is 6.98. The van der Waals surface area contributed by atoms with Gasteiger partial charge < -0.3 is 10.3 Å². The molecule has 0 atom stereocenters. The molecule has 2 N–H and O–H groups in total. The standard InChI is InChI=1S/C15H15F2N3/c16-10-2-1-3-11(17)12(10)13-14(18)20(9-6-7-9)15(19-13)8-4-5-8/h1-3,8-9H,4-7,18H2. The first kappa shape index (κ1) is 11.9. The molecule has 0 amide bonds. The highest BCUT2D eigenvalue weighted by Gasteiger charge is 2.37. The number of aromatic nitrogens is 2. The number of halogens is 2. The molecule has 0 aliphatic heterocycles. The predicted octanol–water partition coefficient (Wildman–Crippen LogP) is 3.62. The van der Waals surface area contributed by atoms with Gasteiger partial charge in [-0.3, -0.25) is 0 Å². The van der Waals surface area contributed by atoms with Crippen molar-refractivity contribution >= 4 is 5.82 Å². The van der Waals surface area contributed by atoms with Crippen LogP contribution in [0.2, 0.25) is 0 Å². The van der Waals surface area contributed by atoms with E-state index in [-0.39, 0.29) is 11.3 Å². The molecule has 0 bridgehead atoms. The monoisotopic (exact) mass is 275 g/mol. The second-order valence-electron chi connectivity index (χ2n) is 5.68. The SMILES string of the molecule is Nc1c(-c2c(F)cccc2F)nc(C2CC2)n1C1CC1. The summed E-state index contributed by atoms with van der Waals surface area (Å²) in [7, 11) is 0. The summed E-state index contributed by atoms with van der Waals surface area (Å²) in [5.74, 6) is 0.488. The van der Waals surface area contributed by atoms with E-state index in [1.165, 1.54) is 18.2 Å². The summed E-state index contributed by atoms with van der Waals surface area (Å²) in [6.07, 6.45) is 4.31. The Morgan fingerprint density at radius 1 is 1.10 bits per heavy atom. The minimum Gasteiger partial charge on any atom is -0.383 e. The fourth-order valence-corrected chi connectivity index (χ4v) is 2.72. The molecule has 104 valence electrons. The number of nitrogens with two attached hydrogens (primary N) is 1. The lowest BCUT2D eigenvalue weighted by atomic mass is 10.1. The number of imidazole rings is 1. The lowest BCUT2D eigenvalue weighted by molar-refractivity contribution is 0.589. The minimum atomic E-state index is -0.612. The van der Waals surface area contributed by atoms with Crippen molar-refractivity contribution in [1.29, 1.82) is 0 Å². The molecular weight excluding hydrogens is 260 g/mol. The molecule has 2 aliphatic rings. The maximum atomic E-state index is 13.9. The second kappa shape index (κ2) is 4.04. The van der Waals surface area contributed by atoms with Crippen molar-refractivity contribution in [1.82, 2.24) is 9.55 Å². The first-order chi connectivity index (χ1) is 9.66. The zero-order valence-corrected chi connectivity index (χ0v) is 10.9. The van der Waals surface area contributed by atoms with Gasteiger partial charge in [0.05, 0.1) is 5.56 Å². The van der Waals surface area contributed by atoms with Crippen molar-refractivity contribution in [3.63, 3.8) is 0 Å². The van der Waals surface area contributed by atoms with Crippen molar-refractivity contribution in [3.05, 3.63) is 35.7 Å². The molecular formula is C15H15F2N3. The van der Waals surface area contributed by atoms with Gasteiger partial charge in [0.25, 0.3) is 0 Å². The van der Waals surface area contributed by atoms with E-state index in [1.54, 1.807) is 0 Å². The predicted molar refractivity (Wildman–Crippen MR) is 72.2 cm³/mol. The van der Waals surface area contributed by atoms with Gasteiger partial charge in [-0.1, -0.05) is 6.07 Å². The molecule has 5 heteroatoms. The number of hydrogen-bond donors (Lipinski definition) is 1. The van der Waals surface area contributed by atoms with Gasteiger partial charge in [0.2, 0.25) is 0 Å². The number of rotatable bonds is 3. The highest BCUT2D eigenvalue weighted by Crippen LogP contribution is 2.48. The highest BCUT2D eigenvalue weighted by atomic mass is 19.1. The Morgan fingerprint density at radius 2 is 1.75 bits per heavy atom. The molecule has 2 saturated carbocycles. The molecule has 4 rings (SSSR count). The van der Waals surface area contributed by atoms with Crippen LogP contribution in [0.5, 0.6) is 0 Å². The van der Waals surface area contributed by atoms with Gasteiger partial charge in [-0.15, -0.1) is 0 Å². The summed E-state index contributed by atoms with van der Waals surface area (Å²) in [4.78, 5) is 4.48. The van der Waals surface area contributed by atoms with Gasteiger partial charge in [0.1, 0.15) is 29.0 Å². The Morgan fingerprint density at radius 3 is 2.30 bits per heavy atom. The lowest BCUT2D eigenvalue weighted by Gasteiger charge is -2.07. The maximum absolute atomic E-state index is 13.9. The fraction of sp³-hybridized carbons (Fsp3) is 0.400. The molecule has 1 aromatic carbocycles. The first-order valence-corrected chi connectivity index (χ1v) is 6.98. The summed E-state index contributed by atoms with van der Waals surface area (Å²) < 4.78 is 29.9. The van der Waals surface area contributed by atoms with Crippen LogP contribution in [-0.4, -0.2) is 9.55 Å². The van der Waals surface area contributed by atoms with Gasteiger partial charge in [0.15, 0.2) is 0 Å². The normalized spacial score (nSPS) is 18.5. The topological polar surface area (TPSA) is 43.8 Å². The van der Waals surface area contributed by atoms with Crippen LogP contribution in [0.1, 0.15) is 43.5 Å². The van der Waals surface area contributed by atoms with Gasteiger partial charge in [-0.25, -0.2) is 13.8 Å². The average Bonchev–Trinajstić information content (AvgIpc) is 3.30. The fourth-order valence-electron chi connectivity index (χ4n) is 2.72. The zero-order valence-electron chi connectivity index (χ0n) is 10.9. The van der Waals surface area contributed by atoms with Crippen LogP contribution in [0.25, 0.3) is 11.3 Å². The van der Waals surface area contributed by atoms with Crippen LogP contribution >= 0.6 is 0 Å². The van der Waals surface area contributed by atoms with Crippen LogP contribution in [0.4, 0.5) is 14.6 Å². The van der Waals surface area contributed by atoms with Crippen LogP contribution in [-0.2, 0) is 0 Å². The molecule has 0 unspecified atom stereocenters. The zero-order chi connectivity index (χ0) is 13.9. The summed E-state index contributed by atoms with van der Waals surface area (Å²) in [6.45, 7) is 0. The Kier molecular flexibility index (Phi) is 2.40. The molecule has 0 saturated heterocycles. The van der Waals surface area contributed by atoms with E-state index in [2.05, 4.69) is 4.98 Å². The number of hydrogen-bond acceptors (Lipinski definition) is 2. The highest BCUT2D eigenvalue weighted by molar-refractivity contribution is 5.72. The number of nitrogens with zero attached hydrogens (tertiary/aromatic N) is 2. The van der Waals surface area contributed by atoms with Crippen LogP contribution < -0.4 is 5.73 Å². The van der Waals surface area contributed by atoms with Crippen molar-refractivity contribution in [2.75, 3.05) is 5.73 Å². The largest absolute Gasteiger partial charge is 0.383 e. The molecule has 1 aromatic heterocycles. The van der Waals surface area contributed by atoms with Crippen molar-refractivity contribution in [2.45, 2.75) is 37.6 Å². The van der Waals surface area contributed by atoms with Crippen molar-refractivity contribution in [2.24, 2.45) is 0 Å². The Hall–Kier alpha value is -1.91. The summed E-state index contributed by atoms with van der Waals surface area (Å²) in [6, 6.07) is 4.20. The van der Waals surface area contributed by atoms with Crippen molar-refractivity contribution < 1.29 is 8.78 Å². The number of benzene rings is 1. The Labute approximate surface area is 115 Å². The van der Waals surface area contributed by atoms with E-state index in [4.69, 9.17) is 5.73 Å². The molecule has 0 radical (unpaired) electrons. The lowest BCUT2D eigenvalue weighted by Crippen LogP contribution is -2.04. The van der Waals surface area contributed by atoms with Crippen LogP contribution in [0.3, 0.4) is 0 Å². The summed E-state index contributed by atoms with van der Waals surface area (Å²) in [5.41, 5.74) is 6.30. The second-order valence-corrected chi connectivity index (χ2v) is 5.68. The third kappa shape index (κ3) is 1.72. The van der Waals surface area contributed by atoms with Gasteiger partial charge >= 0.3 is 0 Å². The quantitative estimate of drug-likeness (QED) is 0.929. The van der Waals surface area contributed by atoms with Gasteiger partial charge in [-0.2, -0.15) is 0 Å². The van der Waals surface area contributed by atoms with Gasteiger partial charge in [0, 0.05) is 12.0 Å². The maximum Gasteiger partial charge on any atom is 0.135 e. The Balaban J connectivity index is 1.92. The van der Waals surface area contributed by atoms with Crippen LogP contribution in [0, 0.1) is 11.6 Å². The van der Waals surface area contributed by atoms with E-state index < -0.39 is 11.6 Å². The third-order valence-corrected chi connectivity index (χ3v) is 4.03. The third-order valence-electron chi connectivity index (χ3n) is 4.03. The smallest absolute Gasteiger partial charge is 0.135 e. The van der Waals surface area contributed by atoms with Gasteiger partial charge in [-0.05, 0) is 37.8 Å². The van der Waals surface area contributed by atoms with E-state index in [9.17, 15) is 8.78 Å². The Bertz CT molecular complexity index is 664. The molecule has 2 aliphatic carbocycles. The van der Waals surface area contributed by atoms with E-state index in [0.717, 1.165) is 31.5 Å².